The van der Waals surface area contributed by atoms with E-state index in [1.807, 2.05) is 0 Å². The second-order valence-corrected chi connectivity index (χ2v) is 3.93. The largest absolute Gasteiger partial charge is 0.508 e. The van der Waals surface area contributed by atoms with Gasteiger partial charge in [-0.25, -0.2) is 9.78 Å². The number of benzene rings is 1. The Kier molecular flexibility index (Phi) is 4.30. The minimum Gasteiger partial charge on any atom is -0.508 e. The van der Waals surface area contributed by atoms with E-state index in [2.05, 4.69) is 25.3 Å². The second-order valence-electron chi connectivity index (χ2n) is 3.93. The number of hydrogen-bond donors (Lipinski definition) is 3. The molecular formula is C13H13N5O3. The number of nitrogens with two attached hydrogens (primary N) is 1. The van der Waals surface area contributed by atoms with E-state index in [4.69, 9.17) is 10.8 Å². The SMILES string of the molecule is COC(=O)Nc1ccc(N=Nc2ccc(O)cc2)c(N)n1. The van der Waals surface area contributed by atoms with E-state index in [0.717, 1.165) is 0 Å². The van der Waals surface area contributed by atoms with Crippen LogP contribution in [0.25, 0.3) is 0 Å². The molecule has 4 N–H and O–H groups in total. The molecule has 8 nitrogen and oxygen atoms in total. The molecule has 0 radical (unpaired) electrons. The smallest absolute Gasteiger partial charge is 0.412 e. The summed E-state index contributed by atoms with van der Waals surface area (Å²) in [6, 6.07) is 9.31. The maximum absolute atomic E-state index is 11.0. The lowest BCUT2D eigenvalue weighted by Crippen LogP contribution is -2.12. The quantitative estimate of drug-likeness (QED) is 0.749. The first-order chi connectivity index (χ1) is 10.1. The highest BCUT2D eigenvalue weighted by Gasteiger charge is 2.05. The van der Waals surface area contributed by atoms with Crippen LogP contribution in [0.1, 0.15) is 0 Å². The molecule has 0 spiro atoms. The van der Waals surface area contributed by atoms with Gasteiger partial charge in [0.25, 0.3) is 0 Å². The number of amides is 1. The molecule has 0 bridgehead atoms. The number of azo groups is 1. The Balaban J connectivity index is 2.13. The van der Waals surface area contributed by atoms with Gasteiger partial charge in [0.05, 0.1) is 12.8 Å². The van der Waals surface area contributed by atoms with Gasteiger partial charge in [0.15, 0.2) is 5.82 Å². The number of ether oxygens (including phenoxy) is 1. The summed E-state index contributed by atoms with van der Waals surface area (Å²) in [5.41, 5.74) is 6.65. The minimum atomic E-state index is -0.639. The third-order valence-corrected chi connectivity index (χ3v) is 2.44. The zero-order valence-corrected chi connectivity index (χ0v) is 11.1. The van der Waals surface area contributed by atoms with Crippen LogP contribution in [0.5, 0.6) is 5.75 Å². The lowest BCUT2D eigenvalue weighted by atomic mass is 10.3. The lowest BCUT2D eigenvalue weighted by molar-refractivity contribution is 0.187. The number of rotatable bonds is 3. The van der Waals surface area contributed by atoms with Crippen molar-refractivity contribution in [2.75, 3.05) is 18.2 Å². The minimum absolute atomic E-state index is 0.117. The van der Waals surface area contributed by atoms with Crippen molar-refractivity contribution in [1.29, 1.82) is 0 Å². The Hall–Kier alpha value is -3.16. The highest BCUT2D eigenvalue weighted by molar-refractivity contribution is 5.83. The molecule has 0 fully saturated rings. The highest BCUT2D eigenvalue weighted by atomic mass is 16.5. The number of nitrogen functional groups attached to an aromatic ring is 1. The van der Waals surface area contributed by atoms with Crippen LogP contribution in [0.2, 0.25) is 0 Å². The summed E-state index contributed by atoms with van der Waals surface area (Å²) in [6.45, 7) is 0. The summed E-state index contributed by atoms with van der Waals surface area (Å²) in [4.78, 5) is 15.0. The van der Waals surface area contributed by atoms with E-state index in [1.54, 1.807) is 18.2 Å². The number of nitrogens with zero attached hydrogens (tertiary/aromatic N) is 3. The first-order valence-corrected chi connectivity index (χ1v) is 5.91. The molecule has 1 amide bonds. The van der Waals surface area contributed by atoms with Crippen molar-refractivity contribution in [2.24, 2.45) is 10.2 Å². The van der Waals surface area contributed by atoms with Crippen LogP contribution in [-0.2, 0) is 4.74 Å². The van der Waals surface area contributed by atoms with Gasteiger partial charge in [0, 0.05) is 0 Å². The fourth-order valence-electron chi connectivity index (χ4n) is 1.41. The number of pyridine rings is 1. The molecule has 0 aliphatic heterocycles. The van der Waals surface area contributed by atoms with Gasteiger partial charge >= 0.3 is 6.09 Å². The van der Waals surface area contributed by atoms with Crippen LogP contribution in [0.15, 0.2) is 46.6 Å². The van der Waals surface area contributed by atoms with Gasteiger partial charge < -0.3 is 15.6 Å². The number of methoxy groups -OCH3 is 1. The molecule has 1 aromatic carbocycles. The van der Waals surface area contributed by atoms with Crippen molar-refractivity contribution in [3.8, 4) is 5.75 Å². The first kappa shape index (κ1) is 14.3. The second kappa shape index (κ2) is 6.33. The van der Waals surface area contributed by atoms with Crippen LogP contribution in [0.4, 0.5) is 27.8 Å². The molecular weight excluding hydrogens is 274 g/mol. The number of anilines is 2. The Morgan fingerprint density at radius 3 is 2.57 bits per heavy atom. The number of carbonyl (C=O) groups excluding carboxylic acids is 1. The Bertz CT molecular complexity index is 670. The number of carbonyl (C=O) groups is 1. The molecule has 108 valence electrons. The van der Waals surface area contributed by atoms with Crippen LogP contribution in [0, 0.1) is 0 Å². The molecule has 1 aromatic heterocycles. The average Bonchev–Trinajstić information content (AvgIpc) is 2.48. The number of hydrogen-bond acceptors (Lipinski definition) is 7. The number of aromatic hydroxyl groups is 1. The third kappa shape index (κ3) is 3.90. The normalized spacial score (nSPS) is 10.5. The molecule has 1 heterocycles. The van der Waals surface area contributed by atoms with E-state index in [1.165, 1.54) is 25.3 Å². The summed E-state index contributed by atoms with van der Waals surface area (Å²) < 4.78 is 4.45. The van der Waals surface area contributed by atoms with Gasteiger partial charge in [-0.15, -0.1) is 5.11 Å². The zero-order valence-electron chi connectivity index (χ0n) is 11.1. The maximum Gasteiger partial charge on any atom is 0.412 e. The molecule has 8 heteroatoms. The predicted molar refractivity (Wildman–Crippen MR) is 77.0 cm³/mol. The van der Waals surface area contributed by atoms with Crippen molar-refractivity contribution >= 4 is 29.1 Å². The summed E-state index contributed by atoms with van der Waals surface area (Å²) in [6.07, 6.45) is -0.639. The fraction of sp³-hybridized carbons (Fsp3) is 0.0769. The van der Waals surface area contributed by atoms with Crippen molar-refractivity contribution in [2.45, 2.75) is 0 Å². The maximum atomic E-state index is 11.0. The molecule has 0 saturated carbocycles. The predicted octanol–water partition coefficient (Wildman–Crippen LogP) is 2.96. The van der Waals surface area contributed by atoms with Crippen molar-refractivity contribution in [1.82, 2.24) is 4.98 Å². The molecule has 0 saturated heterocycles. The van der Waals surface area contributed by atoms with Crippen molar-refractivity contribution in [3.05, 3.63) is 36.4 Å². The van der Waals surface area contributed by atoms with Crippen molar-refractivity contribution < 1.29 is 14.6 Å². The summed E-state index contributed by atoms with van der Waals surface area (Å²) >= 11 is 0. The molecule has 2 rings (SSSR count). The molecule has 0 aliphatic rings. The number of phenolic OH excluding ortho intramolecular Hbond substituents is 1. The van der Waals surface area contributed by atoms with Crippen LogP contribution in [0.3, 0.4) is 0 Å². The first-order valence-electron chi connectivity index (χ1n) is 5.91. The standard InChI is InChI=1S/C13H13N5O3/c1-21-13(20)16-11-7-6-10(12(14)15-11)18-17-8-2-4-9(19)5-3-8/h2-7,19H,1H3,(H3,14,15,16,20). The van der Waals surface area contributed by atoms with E-state index >= 15 is 0 Å². The number of phenols is 1. The van der Waals surface area contributed by atoms with Gasteiger partial charge in [-0.1, -0.05) is 0 Å². The van der Waals surface area contributed by atoms with Crippen molar-refractivity contribution in [3.63, 3.8) is 0 Å². The van der Waals surface area contributed by atoms with Crippen LogP contribution in [-0.4, -0.2) is 23.3 Å². The summed E-state index contributed by atoms with van der Waals surface area (Å²) in [7, 11) is 1.25. The third-order valence-electron chi connectivity index (χ3n) is 2.44. The summed E-state index contributed by atoms with van der Waals surface area (Å²) in [5.74, 6) is 0.516. The van der Waals surface area contributed by atoms with Gasteiger partial charge in [0.2, 0.25) is 0 Å². The van der Waals surface area contributed by atoms with E-state index in [-0.39, 0.29) is 17.4 Å². The molecule has 21 heavy (non-hydrogen) atoms. The van der Waals surface area contributed by atoms with E-state index in [0.29, 0.717) is 11.4 Å². The number of aromatic nitrogens is 1. The zero-order chi connectivity index (χ0) is 15.2. The average molecular weight is 287 g/mol. The van der Waals surface area contributed by atoms with E-state index in [9.17, 15) is 4.79 Å². The highest BCUT2D eigenvalue weighted by Crippen LogP contribution is 2.25. The van der Waals surface area contributed by atoms with Crippen LogP contribution >= 0.6 is 0 Å². The topological polar surface area (TPSA) is 122 Å². The summed E-state index contributed by atoms with van der Waals surface area (Å²) in [5, 5.41) is 19.5. The Morgan fingerprint density at radius 1 is 1.24 bits per heavy atom. The van der Waals surface area contributed by atoms with Crippen LogP contribution < -0.4 is 11.1 Å². The molecule has 0 unspecified atom stereocenters. The lowest BCUT2D eigenvalue weighted by Gasteiger charge is -2.04. The van der Waals surface area contributed by atoms with Gasteiger partial charge in [-0.05, 0) is 36.4 Å². The van der Waals surface area contributed by atoms with E-state index < -0.39 is 6.09 Å². The Morgan fingerprint density at radius 2 is 1.95 bits per heavy atom. The van der Waals surface area contributed by atoms with Gasteiger partial charge in [-0.2, -0.15) is 5.11 Å². The number of nitrogens with one attached hydrogen (secondary N) is 1. The Labute approximate surface area is 120 Å². The monoisotopic (exact) mass is 287 g/mol. The van der Waals surface area contributed by atoms with Gasteiger partial charge in [-0.3, -0.25) is 5.32 Å². The van der Waals surface area contributed by atoms with Gasteiger partial charge in [0.1, 0.15) is 17.3 Å². The fourth-order valence-corrected chi connectivity index (χ4v) is 1.41. The molecule has 0 atom stereocenters. The molecule has 0 aliphatic carbocycles. The molecule has 2 aromatic rings.